The number of pyridine rings is 1. The zero-order valence-electron chi connectivity index (χ0n) is 22.0. The zero-order valence-corrected chi connectivity index (χ0v) is 22.0. The van der Waals surface area contributed by atoms with E-state index in [0.29, 0.717) is 19.1 Å². The standard InChI is InChI=1S/C28H40N6O2/c1-4-9-25(27-30-31-32-34(27)18-24-12-8-13-36-24)33(23-10-6-5-7-11-23)17-22-16-21-15-19(2)14-20(3)26(21)29-28(22)35/h14-16,23-25H,4-13,17-18H2,1-3H3,(H,29,35). The maximum Gasteiger partial charge on any atom is 0.252 e. The Balaban J connectivity index is 1.52. The number of rotatable bonds is 9. The third kappa shape index (κ3) is 5.39. The molecule has 0 bridgehead atoms. The molecule has 0 radical (unpaired) electrons. The van der Waals surface area contributed by atoms with Gasteiger partial charge in [0.1, 0.15) is 0 Å². The fourth-order valence-corrected chi connectivity index (χ4v) is 6.23. The minimum absolute atomic E-state index is 0.00413. The second-order valence-corrected chi connectivity index (χ2v) is 10.8. The van der Waals surface area contributed by atoms with Crippen molar-refractivity contribution >= 4 is 10.9 Å². The van der Waals surface area contributed by atoms with Crippen molar-refractivity contribution in [1.82, 2.24) is 30.1 Å². The first-order valence-corrected chi connectivity index (χ1v) is 13.8. The smallest absolute Gasteiger partial charge is 0.252 e. The molecule has 36 heavy (non-hydrogen) atoms. The first-order chi connectivity index (χ1) is 17.5. The summed E-state index contributed by atoms with van der Waals surface area (Å²) in [5, 5.41) is 14.1. The molecule has 3 aromatic rings. The highest BCUT2D eigenvalue weighted by molar-refractivity contribution is 5.82. The van der Waals surface area contributed by atoms with E-state index in [9.17, 15) is 4.79 Å². The third-order valence-corrected chi connectivity index (χ3v) is 7.99. The maximum absolute atomic E-state index is 13.3. The molecule has 0 spiro atoms. The van der Waals surface area contributed by atoms with Crippen LogP contribution >= 0.6 is 0 Å². The van der Waals surface area contributed by atoms with Gasteiger partial charge in [-0.2, -0.15) is 0 Å². The van der Waals surface area contributed by atoms with Crippen molar-refractivity contribution in [3.8, 4) is 0 Å². The summed E-state index contributed by atoms with van der Waals surface area (Å²) >= 11 is 0. The lowest BCUT2D eigenvalue weighted by atomic mass is 9.91. The number of aromatic amines is 1. The van der Waals surface area contributed by atoms with Crippen LogP contribution in [0.25, 0.3) is 10.9 Å². The molecule has 1 aliphatic carbocycles. The predicted molar refractivity (Wildman–Crippen MR) is 141 cm³/mol. The number of ether oxygens (including phenoxy) is 1. The van der Waals surface area contributed by atoms with E-state index >= 15 is 0 Å². The van der Waals surface area contributed by atoms with Crippen molar-refractivity contribution in [2.24, 2.45) is 0 Å². The van der Waals surface area contributed by atoms with E-state index in [1.807, 2.05) is 4.68 Å². The van der Waals surface area contributed by atoms with Crippen molar-refractivity contribution < 1.29 is 4.74 Å². The minimum Gasteiger partial charge on any atom is -0.376 e. The number of tetrazole rings is 1. The van der Waals surface area contributed by atoms with E-state index < -0.39 is 0 Å². The van der Waals surface area contributed by atoms with Crippen LogP contribution in [0.2, 0.25) is 0 Å². The van der Waals surface area contributed by atoms with Gasteiger partial charge < -0.3 is 9.72 Å². The molecule has 1 saturated heterocycles. The van der Waals surface area contributed by atoms with Crippen molar-refractivity contribution in [2.45, 2.75) is 110 Å². The summed E-state index contributed by atoms with van der Waals surface area (Å²) < 4.78 is 7.86. The lowest BCUT2D eigenvalue weighted by Crippen LogP contribution is -2.41. The minimum atomic E-state index is 0.00413. The molecule has 3 heterocycles. The van der Waals surface area contributed by atoms with Crippen LogP contribution in [0.4, 0.5) is 0 Å². The molecule has 1 saturated carbocycles. The van der Waals surface area contributed by atoms with Gasteiger partial charge in [-0.1, -0.05) is 44.2 Å². The average molecular weight is 493 g/mol. The van der Waals surface area contributed by atoms with E-state index in [4.69, 9.17) is 4.74 Å². The quantitative estimate of drug-likeness (QED) is 0.453. The van der Waals surface area contributed by atoms with Gasteiger partial charge in [-0.25, -0.2) is 4.68 Å². The van der Waals surface area contributed by atoms with Crippen LogP contribution in [-0.4, -0.2) is 48.8 Å². The van der Waals surface area contributed by atoms with Gasteiger partial charge in [0, 0.05) is 24.8 Å². The molecule has 2 unspecified atom stereocenters. The molecule has 1 aliphatic heterocycles. The van der Waals surface area contributed by atoms with Crippen molar-refractivity contribution in [1.29, 1.82) is 0 Å². The molecule has 2 fully saturated rings. The summed E-state index contributed by atoms with van der Waals surface area (Å²) in [6.45, 7) is 8.49. The summed E-state index contributed by atoms with van der Waals surface area (Å²) in [5.41, 5.74) is 4.07. The predicted octanol–water partition coefficient (Wildman–Crippen LogP) is 4.99. The van der Waals surface area contributed by atoms with Crippen LogP contribution in [0.5, 0.6) is 0 Å². The SMILES string of the molecule is CCCC(c1nnnn1CC1CCCO1)N(Cc1cc2cc(C)cc(C)c2[nH]c1=O)C1CCCCC1. The summed E-state index contributed by atoms with van der Waals surface area (Å²) in [6, 6.07) is 6.86. The van der Waals surface area contributed by atoms with Gasteiger partial charge >= 0.3 is 0 Å². The van der Waals surface area contributed by atoms with Crippen molar-refractivity contribution in [2.75, 3.05) is 6.61 Å². The topological polar surface area (TPSA) is 88.9 Å². The third-order valence-electron chi connectivity index (χ3n) is 7.99. The van der Waals surface area contributed by atoms with Crippen molar-refractivity contribution in [3.05, 3.63) is 51.1 Å². The van der Waals surface area contributed by atoms with Gasteiger partial charge in [0.25, 0.3) is 5.56 Å². The van der Waals surface area contributed by atoms with Gasteiger partial charge in [-0.05, 0) is 79.5 Å². The van der Waals surface area contributed by atoms with Crippen molar-refractivity contribution in [3.63, 3.8) is 0 Å². The monoisotopic (exact) mass is 492 g/mol. The Labute approximate surface area is 213 Å². The normalized spacial score (nSPS) is 19.9. The summed E-state index contributed by atoms with van der Waals surface area (Å²) in [6.07, 6.45) is 10.3. The van der Waals surface area contributed by atoms with E-state index in [0.717, 1.165) is 73.0 Å². The molecule has 8 heteroatoms. The highest BCUT2D eigenvalue weighted by Crippen LogP contribution is 2.34. The number of hydrogen-bond acceptors (Lipinski definition) is 6. The molecular weight excluding hydrogens is 452 g/mol. The van der Waals surface area contributed by atoms with Gasteiger partial charge in [0.2, 0.25) is 0 Å². The average Bonchev–Trinajstić information content (AvgIpc) is 3.55. The Morgan fingerprint density at radius 2 is 1.97 bits per heavy atom. The largest absolute Gasteiger partial charge is 0.376 e. The highest BCUT2D eigenvalue weighted by Gasteiger charge is 2.33. The van der Waals surface area contributed by atoms with E-state index in [2.05, 4.69) is 64.4 Å². The lowest BCUT2D eigenvalue weighted by molar-refractivity contribution is 0.0713. The fourth-order valence-electron chi connectivity index (χ4n) is 6.23. The maximum atomic E-state index is 13.3. The number of nitrogens with one attached hydrogen (secondary N) is 1. The fraction of sp³-hybridized carbons (Fsp3) is 0.643. The van der Waals surface area contributed by atoms with Crippen LogP contribution in [0.15, 0.2) is 23.0 Å². The number of nitrogens with zero attached hydrogens (tertiary/aromatic N) is 5. The summed E-state index contributed by atoms with van der Waals surface area (Å²) in [7, 11) is 0. The first kappa shape index (κ1) is 25.1. The Hall–Kier alpha value is -2.58. The number of aromatic nitrogens is 5. The zero-order chi connectivity index (χ0) is 25.1. The van der Waals surface area contributed by atoms with Crippen LogP contribution < -0.4 is 5.56 Å². The number of benzene rings is 1. The highest BCUT2D eigenvalue weighted by atomic mass is 16.5. The van der Waals surface area contributed by atoms with Crippen LogP contribution in [0.1, 0.15) is 93.3 Å². The molecule has 194 valence electrons. The second-order valence-electron chi connectivity index (χ2n) is 10.8. The van der Waals surface area contributed by atoms with Crippen LogP contribution in [-0.2, 0) is 17.8 Å². The summed E-state index contributed by atoms with van der Waals surface area (Å²) in [5.74, 6) is 0.904. The molecule has 2 aliphatic rings. The number of fused-ring (bicyclic) bond motifs is 1. The molecule has 2 atom stereocenters. The molecule has 5 rings (SSSR count). The molecular formula is C28H40N6O2. The first-order valence-electron chi connectivity index (χ1n) is 13.8. The van der Waals surface area contributed by atoms with Gasteiger partial charge in [0.05, 0.1) is 24.2 Å². The summed E-state index contributed by atoms with van der Waals surface area (Å²) in [4.78, 5) is 19.0. The number of H-pyrrole nitrogens is 1. The molecule has 1 N–H and O–H groups in total. The lowest BCUT2D eigenvalue weighted by Gasteiger charge is -2.39. The second kappa shape index (κ2) is 11.2. The number of aryl methyl sites for hydroxylation is 2. The molecule has 1 aromatic carbocycles. The molecule has 8 nitrogen and oxygen atoms in total. The van der Waals surface area contributed by atoms with E-state index in [-0.39, 0.29) is 17.7 Å². The van der Waals surface area contributed by atoms with E-state index in [1.54, 1.807) is 0 Å². The Kier molecular flexibility index (Phi) is 7.82. The Morgan fingerprint density at radius 1 is 1.14 bits per heavy atom. The van der Waals surface area contributed by atoms with Gasteiger partial charge in [0.15, 0.2) is 5.82 Å². The Morgan fingerprint density at radius 3 is 2.72 bits per heavy atom. The van der Waals surface area contributed by atoms with Crippen LogP contribution in [0, 0.1) is 13.8 Å². The molecule has 2 aromatic heterocycles. The Bertz CT molecular complexity index is 1220. The number of hydrogen-bond donors (Lipinski definition) is 1. The van der Waals surface area contributed by atoms with Crippen LogP contribution in [0.3, 0.4) is 0 Å². The van der Waals surface area contributed by atoms with E-state index in [1.165, 1.54) is 24.8 Å². The molecule has 0 amide bonds. The van der Waals surface area contributed by atoms with Gasteiger partial charge in [-0.15, -0.1) is 5.10 Å². The van der Waals surface area contributed by atoms with Gasteiger partial charge in [-0.3, -0.25) is 9.69 Å².